The Labute approximate surface area is 145 Å². The van der Waals surface area contributed by atoms with E-state index < -0.39 is 29.2 Å². The van der Waals surface area contributed by atoms with E-state index in [0.717, 1.165) is 18.9 Å². The summed E-state index contributed by atoms with van der Waals surface area (Å²) in [7, 11) is 0. The molecule has 7 heteroatoms. The second kappa shape index (κ2) is 5.16. The number of halogens is 4. The molecule has 0 bridgehead atoms. The second-order valence-electron chi connectivity index (χ2n) is 6.58. The summed E-state index contributed by atoms with van der Waals surface area (Å²) in [5.74, 6) is 0.755. The van der Waals surface area contributed by atoms with E-state index >= 15 is 8.78 Å². The highest BCUT2D eigenvalue weighted by molar-refractivity contribution is 9.10. The largest absolute Gasteiger partial charge is 0.320 e. The molecule has 4 rings (SSSR count). The molecule has 126 valence electrons. The summed E-state index contributed by atoms with van der Waals surface area (Å²) in [5, 5.41) is 4.79. The summed E-state index contributed by atoms with van der Waals surface area (Å²) in [6, 6.07) is 1.58. The first kappa shape index (κ1) is 15.8. The van der Waals surface area contributed by atoms with Gasteiger partial charge < -0.3 is 10.6 Å². The highest BCUT2D eigenvalue weighted by Crippen LogP contribution is 2.55. The van der Waals surface area contributed by atoms with Gasteiger partial charge >= 0.3 is 6.03 Å². The molecule has 1 atom stereocenters. The van der Waals surface area contributed by atoms with E-state index in [2.05, 4.69) is 38.4 Å². The van der Waals surface area contributed by atoms with E-state index in [-0.39, 0.29) is 21.6 Å². The first-order valence-corrected chi connectivity index (χ1v) is 8.62. The van der Waals surface area contributed by atoms with Gasteiger partial charge in [0, 0.05) is 17.4 Å². The molecule has 2 fully saturated rings. The maximum atomic E-state index is 15.2. The zero-order valence-corrected chi connectivity index (χ0v) is 14.1. The van der Waals surface area contributed by atoms with E-state index in [1.807, 2.05) is 0 Å². The summed E-state index contributed by atoms with van der Waals surface area (Å²) >= 11 is 3.03. The van der Waals surface area contributed by atoms with E-state index in [9.17, 15) is 9.18 Å². The number of nitrogens with one attached hydrogen (secondary N) is 2. The van der Waals surface area contributed by atoms with Crippen LogP contribution in [0, 0.1) is 29.5 Å². The molecule has 2 aliphatic carbocycles. The SMILES string of the molecule is O=C1Nc2cc(Br)c(F)cc2C(C#CC2CC2)(C(F)(F)C2CC2)N1. The van der Waals surface area contributed by atoms with Crippen molar-refractivity contribution in [3.63, 3.8) is 0 Å². The number of carbonyl (C=O) groups excluding carboxylic acids is 1. The van der Waals surface area contributed by atoms with E-state index in [0.29, 0.717) is 12.8 Å². The average molecular weight is 399 g/mol. The predicted molar refractivity (Wildman–Crippen MR) is 86.1 cm³/mol. The van der Waals surface area contributed by atoms with Crippen molar-refractivity contribution in [1.82, 2.24) is 5.32 Å². The van der Waals surface area contributed by atoms with Gasteiger partial charge in [-0.05, 0) is 53.7 Å². The minimum Gasteiger partial charge on any atom is -0.312 e. The van der Waals surface area contributed by atoms with Gasteiger partial charge in [-0.25, -0.2) is 18.0 Å². The molecule has 3 nitrogen and oxygen atoms in total. The predicted octanol–water partition coefficient (Wildman–Crippen LogP) is 4.38. The quantitative estimate of drug-likeness (QED) is 0.713. The molecule has 24 heavy (non-hydrogen) atoms. The first-order valence-electron chi connectivity index (χ1n) is 7.83. The number of rotatable bonds is 2. The molecule has 1 heterocycles. The minimum atomic E-state index is -3.28. The number of carbonyl (C=O) groups is 1. The van der Waals surface area contributed by atoms with Crippen molar-refractivity contribution in [2.24, 2.45) is 11.8 Å². The highest BCUT2D eigenvalue weighted by Gasteiger charge is 2.64. The molecule has 0 aromatic heterocycles. The lowest BCUT2D eigenvalue weighted by molar-refractivity contribution is -0.0847. The van der Waals surface area contributed by atoms with Crippen molar-refractivity contribution >= 4 is 27.6 Å². The van der Waals surface area contributed by atoms with Gasteiger partial charge in [0.1, 0.15) is 5.82 Å². The number of hydrogen-bond donors (Lipinski definition) is 2. The summed E-state index contributed by atoms with van der Waals surface area (Å²) in [5.41, 5.74) is -2.07. The van der Waals surface area contributed by atoms with Crippen LogP contribution in [0.3, 0.4) is 0 Å². The summed E-state index contributed by atoms with van der Waals surface area (Å²) in [6.45, 7) is 0. The van der Waals surface area contributed by atoms with Gasteiger partial charge in [-0.15, -0.1) is 0 Å². The lowest BCUT2D eigenvalue weighted by Gasteiger charge is -2.41. The van der Waals surface area contributed by atoms with Gasteiger partial charge in [-0.1, -0.05) is 11.8 Å². The Morgan fingerprint density at radius 1 is 1.25 bits per heavy atom. The number of fused-ring (bicyclic) bond motifs is 1. The smallest absolute Gasteiger partial charge is 0.312 e. The molecule has 1 aliphatic heterocycles. The van der Waals surface area contributed by atoms with Crippen LogP contribution in [0.2, 0.25) is 0 Å². The number of alkyl halides is 2. The van der Waals surface area contributed by atoms with Crippen LogP contribution in [0.15, 0.2) is 16.6 Å². The summed E-state index contributed by atoms with van der Waals surface area (Å²) in [6.07, 6.45) is 2.48. The average Bonchev–Trinajstić information content (AvgIpc) is 3.37. The molecule has 1 aromatic rings. The Bertz CT molecular complexity index is 793. The molecular weight excluding hydrogens is 385 g/mol. The van der Waals surface area contributed by atoms with Crippen molar-refractivity contribution in [1.29, 1.82) is 0 Å². The molecule has 0 spiro atoms. The van der Waals surface area contributed by atoms with Crippen molar-refractivity contribution in [2.75, 3.05) is 5.32 Å². The molecule has 2 N–H and O–H groups in total. The van der Waals surface area contributed by atoms with E-state index in [4.69, 9.17) is 0 Å². The summed E-state index contributed by atoms with van der Waals surface area (Å²) < 4.78 is 44.6. The highest BCUT2D eigenvalue weighted by atomic mass is 79.9. The Morgan fingerprint density at radius 3 is 2.58 bits per heavy atom. The van der Waals surface area contributed by atoms with Crippen LogP contribution in [0.5, 0.6) is 0 Å². The minimum absolute atomic E-state index is 0.0205. The molecule has 2 amide bonds. The first-order chi connectivity index (χ1) is 11.3. The zero-order chi connectivity index (χ0) is 17.1. The van der Waals surface area contributed by atoms with Crippen molar-refractivity contribution < 1.29 is 18.0 Å². The van der Waals surface area contributed by atoms with E-state index in [1.54, 1.807) is 0 Å². The molecule has 0 saturated heterocycles. The van der Waals surface area contributed by atoms with Crippen LogP contribution in [0.1, 0.15) is 31.2 Å². The van der Waals surface area contributed by atoms with Crippen LogP contribution in [0.4, 0.5) is 23.7 Å². The number of amides is 2. The van der Waals surface area contributed by atoms with Crippen molar-refractivity contribution in [3.05, 3.63) is 28.0 Å². The maximum Gasteiger partial charge on any atom is 0.320 e. The molecular formula is C17H14BrF3N2O. The van der Waals surface area contributed by atoms with Crippen LogP contribution in [-0.2, 0) is 5.54 Å². The maximum absolute atomic E-state index is 15.2. The zero-order valence-electron chi connectivity index (χ0n) is 12.6. The van der Waals surface area contributed by atoms with E-state index in [1.165, 1.54) is 6.07 Å². The molecule has 1 aromatic carbocycles. The van der Waals surface area contributed by atoms with Gasteiger partial charge in [-0.2, -0.15) is 0 Å². The number of benzene rings is 1. The van der Waals surface area contributed by atoms with Crippen LogP contribution in [0.25, 0.3) is 0 Å². The van der Waals surface area contributed by atoms with Gasteiger partial charge in [0.25, 0.3) is 5.92 Å². The number of anilines is 1. The Kier molecular flexibility index (Phi) is 3.40. The van der Waals surface area contributed by atoms with Crippen LogP contribution in [-0.4, -0.2) is 12.0 Å². The third kappa shape index (κ3) is 2.39. The van der Waals surface area contributed by atoms with Gasteiger partial charge in [0.2, 0.25) is 0 Å². The molecule has 1 unspecified atom stereocenters. The normalized spacial score (nSPS) is 25.9. The third-order valence-electron chi connectivity index (χ3n) is 4.64. The molecule has 3 aliphatic rings. The van der Waals surface area contributed by atoms with Crippen molar-refractivity contribution in [2.45, 2.75) is 37.1 Å². The monoisotopic (exact) mass is 398 g/mol. The molecule has 2 saturated carbocycles. The Hall–Kier alpha value is -1.68. The lowest BCUT2D eigenvalue weighted by atomic mass is 9.79. The van der Waals surface area contributed by atoms with Crippen LogP contribution >= 0.6 is 15.9 Å². The van der Waals surface area contributed by atoms with Gasteiger partial charge in [0.15, 0.2) is 5.54 Å². The number of urea groups is 1. The Morgan fingerprint density at radius 2 is 1.96 bits per heavy atom. The summed E-state index contributed by atoms with van der Waals surface area (Å²) in [4.78, 5) is 12.1. The fourth-order valence-electron chi connectivity index (χ4n) is 2.99. The van der Waals surface area contributed by atoms with Crippen LogP contribution < -0.4 is 10.6 Å². The molecule has 0 radical (unpaired) electrons. The van der Waals surface area contributed by atoms with Gasteiger partial charge in [0.05, 0.1) is 10.2 Å². The number of hydrogen-bond acceptors (Lipinski definition) is 1. The Balaban J connectivity index is 1.94. The topological polar surface area (TPSA) is 41.1 Å². The fraction of sp³-hybridized carbons (Fsp3) is 0.471. The van der Waals surface area contributed by atoms with Crippen molar-refractivity contribution in [3.8, 4) is 11.8 Å². The lowest BCUT2D eigenvalue weighted by Crippen LogP contribution is -2.61. The third-order valence-corrected chi connectivity index (χ3v) is 5.25. The standard InChI is InChI=1S/C17H14BrF3N2O/c18-12-8-14-11(7-13(12)19)16(23-15(24)22-14,6-5-9-1-2-9)17(20,21)10-3-4-10/h7-10H,1-4H2,(H2,22,23,24). The second-order valence-corrected chi connectivity index (χ2v) is 7.44. The fourth-order valence-corrected chi connectivity index (χ4v) is 3.33. The van der Waals surface area contributed by atoms with Gasteiger partial charge in [-0.3, -0.25) is 0 Å².